The number of halogens is 4. The van der Waals surface area contributed by atoms with Crippen LogP contribution in [0.2, 0.25) is 5.02 Å². The summed E-state index contributed by atoms with van der Waals surface area (Å²) >= 11 is 6.10. The predicted molar refractivity (Wildman–Crippen MR) is 115 cm³/mol. The van der Waals surface area contributed by atoms with E-state index in [1.54, 1.807) is 24.3 Å². The summed E-state index contributed by atoms with van der Waals surface area (Å²) < 4.78 is 66.0. The number of benzene rings is 2. The molecule has 0 spiro atoms. The van der Waals surface area contributed by atoms with Gasteiger partial charge in [0.1, 0.15) is 4.90 Å². The molecule has 6 nitrogen and oxygen atoms in total. The zero-order valence-corrected chi connectivity index (χ0v) is 18.7. The maximum atomic E-state index is 12.9. The minimum Gasteiger partial charge on any atom is -0.337 e. The van der Waals surface area contributed by atoms with Crippen molar-refractivity contribution in [1.82, 2.24) is 14.5 Å². The highest BCUT2D eigenvalue weighted by Crippen LogP contribution is 2.24. The van der Waals surface area contributed by atoms with Crippen molar-refractivity contribution in [2.24, 2.45) is 0 Å². The molecule has 0 saturated carbocycles. The Balaban J connectivity index is 1.72. The Morgan fingerprint density at radius 2 is 1.75 bits per heavy atom. The average molecular weight is 490 g/mol. The van der Waals surface area contributed by atoms with Crippen LogP contribution < -0.4 is 4.72 Å². The van der Waals surface area contributed by atoms with Gasteiger partial charge in [0.2, 0.25) is 10.0 Å². The molecule has 1 heterocycles. The van der Waals surface area contributed by atoms with Gasteiger partial charge in [0.05, 0.1) is 11.6 Å². The molecule has 1 aliphatic rings. The Morgan fingerprint density at radius 3 is 2.44 bits per heavy atom. The molecule has 32 heavy (non-hydrogen) atoms. The van der Waals surface area contributed by atoms with E-state index >= 15 is 0 Å². The van der Waals surface area contributed by atoms with Gasteiger partial charge in [-0.25, -0.2) is 13.1 Å². The Labute approximate surface area is 190 Å². The predicted octanol–water partition coefficient (Wildman–Crippen LogP) is 3.53. The standard InChI is InChI=1S/C21H23ClF3N3O3S/c22-18-8-7-17(13-19(18)32(30,31)26-14-16-5-2-1-3-6-16)20(29)28-10-4-9-27(11-12-28)15-21(23,24)25/h1-3,5-8,13,26H,4,9-12,14-15H2. The molecule has 0 bridgehead atoms. The van der Waals surface area contributed by atoms with Crippen molar-refractivity contribution in [1.29, 1.82) is 0 Å². The number of rotatable bonds is 6. The van der Waals surface area contributed by atoms with E-state index in [-0.39, 0.29) is 48.2 Å². The SMILES string of the molecule is O=C(c1ccc(Cl)c(S(=O)(=O)NCc2ccccc2)c1)N1CCCN(CC(F)(F)F)CC1. The average Bonchev–Trinajstić information content (AvgIpc) is 2.97. The molecule has 0 aromatic heterocycles. The lowest BCUT2D eigenvalue weighted by molar-refractivity contribution is -0.145. The second-order valence-corrected chi connectivity index (χ2v) is 9.64. The number of nitrogens with one attached hydrogen (secondary N) is 1. The van der Waals surface area contributed by atoms with Crippen LogP contribution in [0.1, 0.15) is 22.3 Å². The van der Waals surface area contributed by atoms with Gasteiger partial charge in [0.15, 0.2) is 0 Å². The molecular weight excluding hydrogens is 467 g/mol. The van der Waals surface area contributed by atoms with E-state index in [0.29, 0.717) is 6.42 Å². The van der Waals surface area contributed by atoms with E-state index in [9.17, 15) is 26.4 Å². The van der Waals surface area contributed by atoms with Crippen molar-refractivity contribution in [2.75, 3.05) is 32.7 Å². The number of carbonyl (C=O) groups excluding carboxylic acids is 1. The van der Waals surface area contributed by atoms with Gasteiger partial charge in [-0.05, 0) is 30.2 Å². The zero-order chi connectivity index (χ0) is 23.4. The van der Waals surface area contributed by atoms with Crippen molar-refractivity contribution in [3.63, 3.8) is 0 Å². The Kier molecular flexibility index (Phi) is 7.81. The lowest BCUT2D eigenvalue weighted by Gasteiger charge is -2.23. The first kappa shape index (κ1) is 24.5. The maximum absolute atomic E-state index is 12.9. The molecule has 1 fully saturated rings. The molecule has 2 aromatic rings. The summed E-state index contributed by atoms with van der Waals surface area (Å²) in [6.07, 6.45) is -3.91. The van der Waals surface area contributed by atoms with Gasteiger partial charge in [0.25, 0.3) is 5.91 Å². The lowest BCUT2D eigenvalue weighted by atomic mass is 10.2. The third-order valence-corrected chi connectivity index (χ3v) is 6.94. The van der Waals surface area contributed by atoms with E-state index in [1.807, 2.05) is 6.07 Å². The van der Waals surface area contributed by atoms with Crippen LogP contribution in [0.4, 0.5) is 13.2 Å². The molecule has 174 valence electrons. The smallest absolute Gasteiger partial charge is 0.337 e. The molecule has 1 N–H and O–H groups in total. The van der Waals surface area contributed by atoms with Gasteiger partial charge < -0.3 is 4.90 Å². The summed E-state index contributed by atoms with van der Waals surface area (Å²) in [6, 6.07) is 12.9. The van der Waals surface area contributed by atoms with Crippen LogP contribution in [0, 0.1) is 0 Å². The van der Waals surface area contributed by atoms with E-state index in [1.165, 1.54) is 28.0 Å². The van der Waals surface area contributed by atoms with Crippen LogP contribution >= 0.6 is 11.6 Å². The highest BCUT2D eigenvalue weighted by Gasteiger charge is 2.32. The zero-order valence-electron chi connectivity index (χ0n) is 17.1. The van der Waals surface area contributed by atoms with E-state index in [0.717, 1.165) is 5.56 Å². The Hall–Kier alpha value is -2.14. The second-order valence-electron chi connectivity index (χ2n) is 7.49. The fourth-order valence-electron chi connectivity index (χ4n) is 3.46. The number of hydrogen-bond acceptors (Lipinski definition) is 4. The first-order valence-corrected chi connectivity index (χ1v) is 11.8. The maximum Gasteiger partial charge on any atom is 0.401 e. The van der Waals surface area contributed by atoms with Crippen molar-refractivity contribution in [3.05, 3.63) is 64.7 Å². The minimum atomic E-state index is -4.30. The quantitative estimate of drug-likeness (QED) is 0.674. The van der Waals surface area contributed by atoms with Gasteiger partial charge in [-0.3, -0.25) is 9.69 Å². The van der Waals surface area contributed by atoms with Crippen molar-refractivity contribution in [2.45, 2.75) is 24.0 Å². The van der Waals surface area contributed by atoms with Crippen molar-refractivity contribution >= 4 is 27.5 Å². The molecule has 1 saturated heterocycles. The van der Waals surface area contributed by atoms with Crippen LogP contribution in [0.25, 0.3) is 0 Å². The molecule has 0 aliphatic carbocycles. The molecule has 3 rings (SSSR count). The van der Waals surface area contributed by atoms with Gasteiger partial charge in [-0.2, -0.15) is 13.2 Å². The highest BCUT2D eigenvalue weighted by molar-refractivity contribution is 7.89. The molecule has 2 aromatic carbocycles. The van der Waals surface area contributed by atoms with Gasteiger partial charge in [-0.1, -0.05) is 41.9 Å². The van der Waals surface area contributed by atoms with Crippen molar-refractivity contribution < 1.29 is 26.4 Å². The molecule has 1 aliphatic heterocycles. The molecule has 0 radical (unpaired) electrons. The summed E-state index contributed by atoms with van der Waals surface area (Å²) in [7, 11) is -4.00. The van der Waals surface area contributed by atoms with Gasteiger partial charge in [0, 0.05) is 38.3 Å². The molecule has 0 unspecified atom stereocenters. The summed E-state index contributed by atoms with van der Waals surface area (Å²) in [5.41, 5.74) is 0.867. The van der Waals surface area contributed by atoms with E-state index in [2.05, 4.69) is 4.72 Å². The van der Waals surface area contributed by atoms with Gasteiger partial charge >= 0.3 is 6.18 Å². The largest absolute Gasteiger partial charge is 0.401 e. The third kappa shape index (κ3) is 6.68. The molecule has 1 amide bonds. The number of alkyl halides is 3. The van der Waals surface area contributed by atoms with Crippen LogP contribution in [-0.4, -0.2) is 63.0 Å². The molecular formula is C21H23ClF3N3O3S. The molecule has 0 atom stereocenters. The first-order chi connectivity index (χ1) is 15.0. The van der Waals surface area contributed by atoms with E-state index < -0.39 is 28.7 Å². The minimum absolute atomic E-state index is 0.0330. The Bertz CT molecular complexity index is 1050. The normalized spacial score (nSPS) is 16.1. The monoisotopic (exact) mass is 489 g/mol. The number of amides is 1. The summed E-state index contributed by atoms with van der Waals surface area (Å²) in [5, 5.41) is -0.0330. The number of nitrogens with zero attached hydrogens (tertiary/aromatic N) is 2. The van der Waals surface area contributed by atoms with Gasteiger partial charge in [-0.15, -0.1) is 0 Å². The fourth-order valence-corrected chi connectivity index (χ4v) is 5.00. The lowest BCUT2D eigenvalue weighted by Crippen LogP contribution is -2.38. The fraction of sp³-hybridized carbons (Fsp3) is 0.381. The number of hydrogen-bond donors (Lipinski definition) is 1. The first-order valence-electron chi connectivity index (χ1n) is 9.97. The molecule has 11 heteroatoms. The number of carbonyl (C=O) groups is 1. The third-order valence-electron chi connectivity index (χ3n) is 5.06. The summed E-state index contributed by atoms with van der Waals surface area (Å²) in [6.45, 7) is -0.254. The van der Waals surface area contributed by atoms with E-state index in [4.69, 9.17) is 11.6 Å². The summed E-state index contributed by atoms with van der Waals surface area (Å²) in [4.78, 5) is 15.4. The van der Waals surface area contributed by atoms with Crippen LogP contribution in [-0.2, 0) is 16.6 Å². The summed E-state index contributed by atoms with van der Waals surface area (Å²) in [5.74, 6) is -0.449. The van der Waals surface area contributed by atoms with Crippen molar-refractivity contribution in [3.8, 4) is 0 Å². The second kappa shape index (κ2) is 10.2. The van der Waals surface area contributed by atoms with Crippen LogP contribution in [0.3, 0.4) is 0 Å². The van der Waals surface area contributed by atoms with Crippen LogP contribution in [0.5, 0.6) is 0 Å². The van der Waals surface area contributed by atoms with Crippen LogP contribution in [0.15, 0.2) is 53.4 Å². The number of sulfonamides is 1. The topological polar surface area (TPSA) is 69.7 Å². The highest BCUT2D eigenvalue weighted by atomic mass is 35.5. The Morgan fingerprint density at radius 1 is 1.03 bits per heavy atom.